The van der Waals surface area contributed by atoms with Crippen molar-refractivity contribution in [2.75, 3.05) is 0 Å². The van der Waals surface area contributed by atoms with Crippen LogP contribution < -0.4 is 4.57 Å². The SMILES string of the molecule is C[n+]1cn(-c2ccccc2)c2c1C1CC3CC(CC2C3)C1. The largest absolute Gasteiger partial charge is 0.249 e. The normalized spacial score (nSPS) is 33.0. The molecule has 2 heteroatoms. The first-order valence-corrected chi connectivity index (χ1v) is 8.45. The summed E-state index contributed by atoms with van der Waals surface area (Å²) in [5.74, 6) is 3.58. The van der Waals surface area contributed by atoms with Crippen LogP contribution in [-0.2, 0) is 7.05 Å². The highest BCUT2D eigenvalue weighted by atomic mass is 15.1. The lowest BCUT2D eigenvalue weighted by Crippen LogP contribution is -2.34. The Kier molecular flexibility index (Phi) is 2.42. The van der Waals surface area contributed by atoms with Crippen molar-refractivity contribution in [2.24, 2.45) is 18.9 Å². The molecule has 0 spiro atoms. The molecule has 0 N–H and O–H groups in total. The fourth-order valence-corrected chi connectivity index (χ4v) is 5.60. The van der Waals surface area contributed by atoms with E-state index in [1.807, 2.05) is 0 Å². The van der Waals surface area contributed by atoms with E-state index in [1.54, 1.807) is 11.4 Å². The minimum Gasteiger partial charge on any atom is -0.236 e. The van der Waals surface area contributed by atoms with Crippen LogP contribution in [0.4, 0.5) is 0 Å². The van der Waals surface area contributed by atoms with Gasteiger partial charge in [-0.25, -0.2) is 4.57 Å². The van der Waals surface area contributed by atoms with E-state index < -0.39 is 0 Å². The van der Waals surface area contributed by atoms with Crippen LogP contribution in [0.3, 0.4) is 0 Å². The molecule has 1 aromatic carbocycles. The second-order valence-corrected chi connectivity index (χ2v) is 7.51. The highest BCUT2D eigenvalue weighted by Gasteiger charge is 2.47. The molecule has 4 aliphatic carbocycles. The van der Waals surface area contributed by atoms with Gasteiger partial charge in [-0.1, -0.05) is 18.2 Å². The molecule has 0 aliphatic heterocycles. The Morgan fingerprint density at radius 1 is 0.905 bits per heavy atom. The summed E-state index contributed by atoms with van der Waals surface area (Å²) in [7, 11) is 2.25. The van der Waals surface area contributed by atoms with Crippen LogP contribution in [0.15, 0.2) is 36.7 Å². The number of nitrogens with zero attached hydrogens (tertiary/aromatic N) is 2. The van der Waals surface area contributed by atoms with E-state index in [4.69, 9.17) is 0 Å². The zero-order valence-corrected chi connectivity index (χ0v) is 12.7. The van der Waals surface area contributed by atoms with Gasteiger partial charge in [0.05, 0.1) is 7.05 Å². The molecule has 0 radical (unpaired) electrons. The Morgan fingerprint density at radius 2 is 1.57 bits per heavy atom. The predicted octanol–water partition coefficient (Wildman–Crippen LogP) is 3.69. The highest BCUT2D eigenvalue weighted by molar-refractivity contribution is 5.37. The molecule has 2 aromatic rings. The first-order chi connectivity index (χ1) is 10.3. The summed E-state index contributed by atoms with van der Waals surface area (Å²) < 4.78 is 4.92. The van der Waals surface area contributed by atoms with E-state index in [9.17, 15) is 0 Å². The van der Waals surface area contributed by atoms with Gasteiger partial charge in [0.2, 0.25) is 6.33 Å². The monoisotopic (exact) mass is 279 g/mol. The maximum atomic E-state index is 2.49. The molecular weight excluding hydrogens is 256 g/mol. The molecule has 2 atom stereocenters. The number of para-hydroxylation sites is 1. The van der Waals surface area contributed by atoms with E-state index in [0.29, 0.717) is 0 Å². The van der Waals surface area contributed by atoms with Gasteiger partial charge in [0.15, 0.2) is 5.69 Å². The topological polar surface area (TPSA) is 8.81 Å². The number of aryl methyl sites for hydroxylation is 1. The van der Waals surface area contributed by atoms with Crippen molar-refractivity contribution in [3.8, 4) is 5.69 Å². The predicted molar refractivity (Wildman–Crippen MR) is 82.5 cm³/mol. The smallest absolute Gasteiger partial charge is 0.236 e. The van der Waals surface area contributed by atoms with Crippen LogP contribution in [-0.4, -0.2) is 4.57 Å². The van der Waals surface area contributed by atoms with E-state index in [0.717, 1.165) is 23.7 Å². The van der Waals surface area contributed by atoms with Crippen LogP contribution in [0.5, 0.6) is 0 Å². The molecule has 4 aliphatic rings. The van der Waals surface area contributed by atoms with Crippen molar-refractivity contribution in [2.45, 2.75) is 43.9 Å². The molecule has 6 rings (SSSR count). The summed E-state index contributed by atoms with van der Waals surface area (Å²) in [6.45, 7) is 0. The third kappa shape index (κ3) is 1.68. The molecule has 1 aromatic heterocycles. The Balaban J connectivity index is 1.74. The number of imidazole rings is 1. The summed E-state index contributed by atoms with van der Waals surface area (Å²) in [4.78, 5) is 0. The van der Waals surface area contributed by atoms with E-state index >= 15 is 0 Å². The summed E-state index contributed by atoms with van der Waals surface area (Å²) in [6.07, 6.45) is 9.56. The average molecular weight is 279 g/mol. The van der Waals surface area contributed by atoms with Gasteiger partial charge in [-0.15, -0.1) is 0 Å². The van der Waals surface area contributed by atoms with E-state index in [1.165, 1.54) is 37.8 Å². The van der Waals surface area contributed by atoms with Gasteiger partial charge in [-0.2, -0.15) is 4.57 Å². The lowest BCUT2D eigenvalue weighted by Gasteiger charge is -2.37. The number of benzene rings is 1. The van der Waals surface area contributed by atoms with E-state index in [2.05, 4.69) is 52.8 Å². The van der Waals surface area contributed by atoms with Crippen LogP contribution in [0.1, 0.15) is 55.3 Å². The molecule has 2 unspecified atom stereocenters. The Morgan fingerprint density at radius 3 is 2.29 bits per heavy atom. The van der Waals surface area contributed by atoms with Gasteiger partial charge in [-0.05, 0) is 56.1 Å². The molecule has 21 heavy (non-hydrogen) atoms. The van der Waals surface area contributed by atoms with Gasteiger partial charge in [0, 0.05) is 11.8 Å². The van der Waals surface area contributed by atoms with Gasteiger partial charge >= 0.3 is 0 Å². The molecule has 2 fully saturated rings. The molecule has 2 saturated carbocycles. The molecule has 0 amide bonds. The molecule has 108 valence electrons. The number of hydrogen-bond donors (Lipinski definition) is 0. The van der Waals surface area contributed by atoms with Gasteiger partial charge in [0.1, 0.15) is 11.4 Å². The quantitative estimate of drug-likeness (QED) is 0.704. The number of aromatic nitrogens is 2. The molecule has 1 heterocycles. The van der Waals surface area contributed by atoms with Gasteiger partial charge < -0.3 is 0 Å². The maximum Gasteiger partial charge on any atom is 0.249 e. The lowest BCUT2D eigenvalue weighted by molar-refractivity contribution is -0.679. The first kappa shape index (κ1) is 12.0. The minimum absolute atomic E-state index is 0.789. The zero-order valence-electron chi connectivity index (χ0n) is 12.7. The third-order valence-electron chi connectivity index (χ3n) is 6.14. The van der Waals surface area contributed by atoms with Gasteiger partial charge in [-0.3, -0.25) is 0 Å². The van der Waals surface area contributed by atoms with Crippen molar-refractivity contribution < 1.29 is 4.57 Å². The van der Waals surface area contributed by atoms with Crippen LogP contribution in [0, 0.1) is 11.8 Å². The van der Waals surface area contributed by atoms with Crippen molar-refractivity contribution in [1.29, 1.82) is 0 Å². The lowest BCUT2D eigenvalue weighted by atomic mass is 9.67. The standard InChI is InChI=1S/C19H23N2/c1-20-12-21(17-5-3-2-4-6-17)19-16-10-13-7-14(11-16)9-15(8-13)18(19)20/h2-6,12-16H,7-11H2,1H3/q+1. The highest BCUT2D eigenvalue weighted by Crippen LogP contribution is 2.55. The van der Waals surface area contributed by atoms with Crippen LogP contribution in [0.25, 0.3) is 5.69 Å². The zero-order chi connectivity index (χ0) is 14.0. The van der Waals surface area contributed by atoms with Crippen molar-refractivity contribution in [3.63, 3.8) is 0 Å². The summed E-state index contributed by atoms with van der Waals surface area (Å²) in [5.41, 5.74) is 4.61. The second kappa shape index (κ2) is 4.22. The Bertz CT molecular complexity index is 671. The first-order valence-electron chi connectivity index (χ1n) is 8.45. The Hall–Kier alpha value is -1.57. The van der Waals surface area contributed by atoms with Crippen molar-refractivity contribution >= 4 is 0 Å². The molecule has 2 nitrogen and oxygen atoms in total. The Labute approximate surface area is 126 Å². The van der Waals surface area contributed by atoms with E-state index in [-0.39, 0.29) is 0 Å². The maximum absolute atomic E-state index is 2.49. The van der Waals surface area contributed by atoms with Crippen LogP contribution >= 0.6 is 0 Å². The second-order valence-electron chi connectivity index (χ2n) is 7.51. The molecule has 0 saturated heterocycles. The number of rotatable bonds is 1. The average Bonchev–Trinajstić information content (AvgIpc) is 2.74. The minimum atomic E-state index is 0.789. The summed E-state index contributed by atoms with van der Waals surface area (Å²) in [6, 6.07) is 10.9. The number of hydrogen-bond acceptors (Lipinski definition) is 0. The summed E-state index contributed by atoms with van der Waals surface area (Å²) >= 11 is 0. The fraction of sp³-hybridized carbons (Fsp3) is 0.526. The molecular formula is C19H23N2+. The van der Waals surface area contributed by atoms with Crippen molar-refractivity contribution in [1.82, 2.24) is 4.57 Å². The molecule has 4 bridgehead atoms. The fourth-order valence-electron chi connectivity index (χ4n) is 5.60. The summed E-state index contributed by atoms with van der Waals surface area (Å²) in [5, 5.41) is 0. The van der Waals surface area contributed by atoms with Crippen LogP contribution in [0.2, 0.25) is 0 Å². The van der Waals surface area contributed by atoms with Crippen molar-refractivity contribution in [3.05, 3.63) is 48.0 Å². The van der Waals surface area contributed by atoms with Gasteiger partial charge in [0.25, 0.3) is 0 Å². The third-order valence-corrected chi connectivity index (χ3v) is 6.14.